The smallest absolute Gasteiger partial charge is 0.0740 e. The van der Waals surface area contributed by atoms with E-state index < -0.39 is 0 Å². The van der Waals surface area contributed by atoms with Crippen LogP contribution in [0.5, 0.6) is 0 Å². The van der Waals surface area contributed by atoms with Gasteiger partial charge in [0, 0.05) is 5.92 Å². The van der Waals surface area contributed by atoms with Gasteiger partial charge in [-0.3, -0.25) is 0 Å². The lowest BCUT2D eigenvalue weighted by Gasteiger charge is -2.23. The molecule has 17 heavy (non-hydrogen) atoms. The van der Waals surface area contributed by atoms with Gasteiger partial charge in [0.2, 0.25) is 0 Å². The molecule has 3 rings (SSSR count). The highest BCUT2D eigenvalue weighted by atomic mass is 15.4. The first-order chi connectivity index (χ1) is 8.20. The van der Waals surface area contributed by atoms with Crippen LogP contribution in [0, 0.1) is 0 Å². The Labute approximate surface area is 102 Å². The molecule has 1 aliphatic heterocycles. The second-order valence-electron chi connectivity index (χ2n) is 5.13. The van der Waals surface area contributed by atoms with Crippen molar-refractivity contribution in [3.8, 4) is 0 Å². The van der Waals surface area contributed by atoms with Gasteiger partial charge >= 0.3 is 0 Å². The lowest BCUT2D eigenvalue weighted by molar-refractivity contribution is 0.687. The van der Waals surface area contributed by atoms with Crippen LogP contribution in [0.3, 0.4) is 0 Å². The van der Waals surface area contributed by atoms with Gasteiger partial charge in [-0.1, -0.05) is 50.3 Å². The monoisotopic (exact) mass is 226 g/mol. The van der Waals surface area contributed by atoms with Crippen LogP contribution < -0.4 is 10.9 Å². The number of nitrogens with zero attached hydrogens (tertiary/aromatic N) is 1. The number of hydrazine groups is 1. The minimum atomic E-state index is 0.287. The number of hydrogen-bond acceptors (Lipinski definition) is 2. The number of hydrogen-bond donors (Lipinski definition) is 1. The van der Waals surface area contributed by atoms with E-state index in [1.165, 1.54) is 16.8 Å². The summed E-state index contributed by atoms with van der Waals surface area (Å²) in [7, 11) is 0. The highest BCUT2D eigenvalue weighted by Crippen LogP contribution is 2.45. The zero-order valence-corrected chi connectivity index (χ0v) is 10.3. The maximum Gasteiger partial charge on any atom is 0.0740 e. The molecule has 1 aliphatic carbocycles. The molecule has 0 spiro atoms. The third kappa shape index (κ3) is 1.44. The molecule has 0 aromatic heterocycles. The molecule has 2 N–H and O–H groups in total. The SMILES string of the molecule is CC(C)c1cccc2c1C1C=CC=CC1N2N. The van der Waals surface area contributed by atoms with E-state index in [0.29, 0.717) is 11.8 Å². The molecule has 0 bridgehead atoms. The fourth-order valence-electron chi connectivity index (χ4n) is 2.95. The fraction of sp³-hybridized carbons (Fsp3) is 0.333. The van der Waals surface area contributed by atoms with Crippen molar-refractivity contribution >= 4 is 5.69 Å². The van der Waals surface area contributed by atoms with Crippen molar-refractivity contribution in [3.63, 3.8) is 0 Å². The van der Waals surface area contributed by atoms with E-state index in [1.807, 2.05) is 5.01 Å². The molecule has 0 amide bonds. The first-order valence-corrected chi connectivity index (χ1v) is 6.22. The summed E-state index contributed by atoms with van der Waals surface area (Å²) in [5.74, 6) is 7.17. The molecule has 2 atom stereocenters. The van der Waals surface area contributed by atoms with E-state index in [0.717, 1.165) is 0 Å². The first kappa shape index (κ1) is 10.6. The highest BCUT2D eigenvalue weighted by Gasteiger charge is 2.36. The molecule has 2 heteroatoms. The van der Waals surface area contributed by atoms with Gasteiger partial charge in [0.15, 0.2) is 0 Å². The van der Waals surface area contributed by atoms with Crippen LogP contribution in [0.25, 0.3) is 0 Å². The summed E-state index contributed by atoms with van der Waals surface area (Å²) in [6.45, 7) is 4.48. The van der Waals surface area contributed by atoms with E-state index in [1.54, 1.807) is 0 Å². The predicted octanol–water partition coefficient (Wildman–Crippen LogP) is 3.08. The van der Waals surface area contributed by atoms with Crippen LogP contribution in [0.4, 0.5) is 5.69 Å². The third-order valence-electron chi connectivity index (χ3n) is 3.78. The van der Waals surface area contributed by atoms with Crippen molar-refractivity contribution in [2.75, 3.05) is 5.01 Å². The minimum Gasteiger partial charge on any atom is -0.303 e. The Morgan fingerprint density at radius 1 is 1.18 bits per heavy atom. The molecule has 1 aromatic carbocycles. The Bertz CT molecular complexity index is 500. The van der Waals surface area contributed by atoms with Crippen molar-refractivity contribution in [3.05, 3.63) is 53.6 Å². The van der Waals surface area contributed by atoms with Crippen LogP contribution in [0.1, 0.15) is 36.8 Å². The largest absolute Gasteiger partial charge is 0.303 e. The fourth-order valence-corrected chi connectivity index (χ4v) is 2.95. The zero-order chi connectivity index (χ0) is 12.0. The molecule has 1 aromatic rings. The lowest BCUT2D eigenvalue weighted by atomic mass is 9.85. The van der Waals surface area contributed by atoms with Gasteiger partial charge in [0.1, 0.15) is 0 Å². The Balaban J connectivity index is 2.19. The predicted molar refractivity (Wildman–Crippen MR) is 72.0 cm³/mol. The number of allylic oxidation sites excluding steroid dienone is 2. The van der Waals surface area contributed by atoms with Gasteiger partial charge in [-0.2, -0.15) is 0 Å². The van der Waals surface area contributed by atoms with Gasteiger partial charge in [-0.05, 0) is 23.1 Å². The lowest BCUT2D eigenvalue weighted by Crippen LogP contribution is -2.38. The maximum atomic E-state index is 6.22. The Morgan fingerprint density at radius 2 is 1.94 bits per heavy atom. The number of rotatable bonds is 1. The van der Waals surface area contributed by atoms with Gasteiger partial charge in [-0.25, -0.2) is 5.84 Å². The number of benzene rings is 1. The average Bonchev–Trinajstić information content (AvgIpc) is 2.64. The van der Waals surface area contributed by atoms with E-state index in [-0.39, 0.29) is 6.04 Å². The maximum absolute atomic E-state index is 6.22. The van der Waals surface area contributed by atoms with Crippen LogP contribution in [-0.2, 0) is 0 Å². The molecule has 1 heterocycles. The number of anilines is 1. The number of fused-ring (bicyclic) bond motifs is 3. The summed E-state index contributed by atoms with van der Waals surface area (Å²) in [5, 5.41) is 1.91. The molecule has 2 aliphatic rings. The molecule has 0 radical (unpaired) electrons. The van der Waals surface area contributed by atoms with Crippen molar-refractivity contribution in [1.29, 1.82) is 0 Å². The van der Waals surface area contributed by atoms with Gasteiger partial charge in [-0.15, -0.1) is 0 Å². The second kappa shape index (κ2) is 3.74. The Hall–Kier alpha value is -1.54. The van der Waals surface area contributed by atoms with Crippen LogP contribution in [0.15, 0.2) is 42.5 Å². The summed E-state index contributed by atoms with van der Waals surface area (Å²) in [6, 6.07) is 6.75. The van der Waals surface area contributed by atoms with Gasteiger partial charge in [0.25, 0.3) is 0 Å². The topological polar surface area (TPSA) is 29.3 Å². The van der Waals surface area contributed by atoms with E-state index in [4.69, 9.17) is 5.84 Å². The van der Waals surface area contributed by atoms with Gasteiger partial charge < -0.3 is 5.01 Å². The minimum absolute atomic E-state index is 0.287. The third-order valence-corrected chi connectivity index (χ3v) is 3.78. The normalized spacial score (nSPS) is 25.3. The van der Waals surface area contributed by atoms with E-state index in [2.05, 4.69) is 56.4 Å². The molecule has 2 nitrogen and oxygen atoms in total. The molecular weight excluding hydrogens is 208 g/mol. The Kier molecular flexibility index (Phi) is 2.33. The van der Waals surface area contributed by atoms with Crippen molar-refractivity contribution < 1.29 is 0 Å². The summed E-state index contributed by atoms with van der Waals surface area (Å²) in [4.78, 5) is 0. The van der Waals surface area contributed by atoms with E-state index >= 15 is 0 Å². The summed E-state index contributed by atoms with van der Waals surface area (Å²) in [6.07, 6.45) is 8.67. The molecule has 0 fully saturated rings. The molecule has 0 saturated heterocycles. The van der Waals surface area contributed by atoms with Crippen LogP contribution >= 0.6 is 0 Å². The van der Waals surface area contributed by atoms with Crippen LogP contribution in [0.2, 0.25) is 0 Å². The zero-order valence-electron chi connectivity index (χ0n) is 10.3. The van der Waals surface area contributed by atoms with Gasteiger partial charge in [0.05, 0.1) is 11.7 Å². The van der Waals surface area contributed by atoms with E-state index in [9.17, 15) is 0 Å². The van der Waals surface area contributed by atoms with Crippen LogP contribution in [-0.4, -0.2) is 6.04 Å². The van der Waals surface area contributed by atoms with Crippen molar-refractivity contribution in [1.82, 2.24) is 0 Å². The molecule has 0 saturated carbocycles. The molecule has 88 valence electrons. The molecule has 2 unspecified atom stereocenters. The number of nitrogens with two attached hydrogens (primary N) is 1. The Morgan fingerprint density at radius 3 is 2.71 bits per heavy atom. The summed E-state index contributed by atoms with van der Waals surface area (Å²) in [5.41, 5.74) is 4.02. The second-order valence-corrected chi connectivity index (χ2v) is 5.13. The first-order valence-electron chi connectivity index (χ1n) is 6.22. The standard InChI is InChI=1S/C15H18N2/c1-10(2)11-7-5-9-14-15(11)12-6-3-4-8-13(12)17(14)16/h3-10,12-13H,16H2,1-2H3. The van der Waals surface area contributed by atoms with Crippen molar-refractivity contribution in [2.24, 2.45) is 5.84 Å². The quantitative estimate of drug-likeness (QED) is 0.746. The highest BCUT2D eigenvalue weighted by molar-refractivity contribution is 5.67. The summed E-state index contributed by atoms with van der Waals surface area (Å²) >= 11 is 0. The average molecular weight is 226 g/mol. The summed E-state index contributed by atoms with van der Waals surface area (Å²) < 4.78 is 0. The molecular formula is C15H18N2. The van der Waals surface area contributed by atoms with Crippen molar-refractivity contribution in [2.45, 2.75) is 31.7 Å².